The normalized spacial score (nSPS) is 19.7. The standard InChI is InChI=1S/C21H17NO4/c1-13-10-11-16(17(23)12-13)22-20(24)15-8-5-9-18(19(15)21(22)25)26-14-6-3-2-4-7-14/h2-9,16H,1,10-12H2. The molecule has 2 amide bonds. The van der Waals surface area contributed by atoms with E-state index in [9.17, 15) is 14.4 Å². The number of ether oxygens (including phenoxy) is 1. The maximum Gasteiger partial charge on any atom is 0.266 e. The minimum Gasteiger partial charge on any atom is -0.457 e. The van der Waals surface area contributed by atoms with Gasteiger partial charge >= 0.3 is 0 Å². The van der Waals surface area contributed by atoms with E-state index in [4.69, 9.17) is 4.74 Å². The minimum absolute atomic E-state index is 0.138. The zero-order chi connectivity index (χ0) is 18.3. The highest BCUT2D eigenvalue weighted by Gasteiger charge is 2.45. The summed E-state index contributed by atoms with van der Waals surface area (Å²) in [5, 5.41) is 0. The van der Waals surface area contributed by atoms with E-state index < -0.39 is 17.9 Å². The Labute approximate surface area is 150 Å². The molecule has 0 radical (unpaired) electrons. The number of imide groups is 1. The lowest BCUT2D eigenvalue weighted by molar-refractivity contribution is -0.123. The first-order valence-corrected chi connectivity index (χ1v) is 8.49. The smallest absolute Gasteiger partial charge is 0.266 e. The number of amides is 2. The Hall–Kier alpha value is -3.21. The molecule has 1 fully saturated rings. The van der Waals surface area contributed by atoms with Gasteiger partial charge in [0.1, 0.15) is 11.5 Å². The second-order valence-electron chi connectivity index (χ2n) is 6.52. The summed E-state index contributed by atoms with van der Waals surface area (Å²) in [6, 6.07) is 13.3. The van der Waals surface area contributed by atoms with E-state index in [0.717, 1.165) is 10.5 Å². The summed E-state index contributed by atoms with van der Waals surface area (Å²) in [4.78, 5) is 39.3. The van der Waals surface area contributed by atoms with Crippen LogP contribution in [0.1, 0.15) is 40.0 Å². The summed E-state index contributed by atoms with van der Waals surface area (Å²) < 4.78 is 5.82. The van der Waals surface area contributed by atoms with Crippen LogP contribution in [0.2, 0.25) is 0 Å². The van der Waals surface area contributed by atoms with Crippen molar-refractivity contribution >= 4 is 17.6 Å². The molecule has 0 aromatic heterocycles. The summed E-state index contributed by atoms with van der Waals surface area (Å²) >= 11 is 0. The number of para-hydroxylation sites is 1. The monoisotopic (exact) mass is 347 g/mol. The largest absolute Gasteiger partial charge is 0.457 e. The number of ketones is 1. The van der Waals surface area contributed by atoms with Crippen molar-refractivity contribution in [2.45, 2.75) is 25.3 Å². The van der Waals surface area contributed by atoms with Crippen LogP contribution in [-0.2, 0) is 4.79 Å². The number of nitrogens with zero attached hydrogens (tertiary/aromatic N) is 1. The van der Waals surface area contributed by atoms with E-state index in [0.29, 0.717) is 24.3 Å². The van der Waals surface area contributed by atoms with Gasteiger partial charge in [-0.25, -0.2) is 0 Å². The van der Waals surface area contributed by atoms with Gasteiger partial charge < -0.3 is 4.74 Å². The molecule has 4 rings (SSSR count). The average molecular weight is 347 g/mol. The van der Waals surface area contributed by atoms with Gasteiger partial charge in [-0.3, -0.25) is 19.3 Å². The van der Waals surface area contributed by atoms with E-state index in [1.807, 2.05) is 18.2 Å². The van der Waals surface area contributed by atoms with Gasteiger partial charge in [-0.15, -0.1) is 0 Å². The molecule has 1 unspecified atom stereocenters. The molecular weight excluding hydrogens is 330 g/mol. The van der Waals surface area contributed by atoms with Crippen LogP contribution in [0.5, 0.6) is 11.5 Å². The Morgan fingerprint density at radius 1 is 0.962 bits per heavy atom. The molecule has 26 heavy (non-hydrogen) atoms. The third-order valence-electron chi connectivity index (χ3n) is 4.76. The molecule has 5 heteroatoms. The molecule has 1 atom stereocenters. The fraction of sp³-hybridized carbons (Fsp3) is 0.190. The Morgan fingerprint density at radius 2 is 1.73 bits per heavy atom. The number of carbonyl (C=O) groups excluding carboxylic acids is 3. The fourth-order valence-electron chi connectivity index (χ4n) is 3.48. The van der Waals surface area contributed by atoms with Crippen molar-refractivity contribution < 1.29 is 19.1 Å². The number of hydrogen-bond acceptors (Lipinski definition) is 4. The van der Waals surface area contributed by atoms with Crippen LogP contribution in [0, 0.1) is 0 Å². The van der Waals surface area contributed by atoms with Gasteiger partial charge in [-0.1, -0.05) is 36.4 Å². The highest BCUT2D eigenvalue weighted by Crippen LogP contribution is 2.36. The van der Waals surface area contributed by atoms with Crippen LogP contribution in [0.3, 0.4) is 0 Å². The van der Waals surface area contributed by atoms with Gasteiger partial charge in [0.25, 0.3) is 11.8 Å². The van der Waals surface area contributed by atoms with Gasteiger partial charge in [0, 0.05) is 6.42 Å². The summed E-state index contributed by atoms with van der Waals surface area (Å²) in [6.07, 6.45) is 1.28. The number of hydrogen-bond donors (Lipinski definition) is 0. The third kappa shape index (κ3) is 2.62. The number of rotatable bonds is 3. The molecule has 2 aromatic carbocycles. The Bertz CT molecular complexity index is 932. The Morgan fingerprint density at radius 3 is 2.46 bits per heavy atom. The topological polar surface area (TPSA) is 63.7 Å². The highest BCUT2D eigenvalue weighted by molar-refractivity contribution is 6.24. The molecule has 1 saturated carbocycles. The van der Waals surface area contributed by atoms with Gasteiger partial charge in [0.2, 0.25) is 0 Å². The van der Waals surface area contributed by atoms with Crippen LogP contribution in [-0.4, -0.2) is 28.5 Å². The summed E-state index contributed by atoms with van der Waals surface area (Å²) in [5.41, 5.74) is 1.34. The number of carbonyl (C=O) groups is 3. The van der Waals surface area contributed by atoms with Crippen molar-refractivity contribution in [3.8, 4) is 11.5 Å². The first-order chi connectivity index (χ1) is 12.6. The molecule has 5 nitrogen and oxygen atoms in total. The van der Waals surface area contributed by atoms with Crippen molar-refractivity contribution in [1.82, 2.24) is 4.90 Å². The average Bonchev–Trinajstić information content (AvgIpc) is 2.88. The Kier molecular flexibility index (Phi) is 3.92. The molecule has 0 saturated heterocycles. The molecule has 130 valence electrons. The number of allylic oxidation sites excluding steroid dienone is 1. The van der Waals surface area contributed by atoms with Crippen molar-refractivity contribution in [2.24, 2.45) is 0 Å². The zero-order valence-corrected chi connectivity index (χ0v) is 14.1. The first-order valence-electron chi connectivity index (χ1n) is 8.49. The van der Waals surface area contributed by atoms with Crippen molar-refractivity contribution in [3.63, 3.8) is 0 Å². The summed E-state index contributed by atoms with van der Waals surface area (Å²) in [6.45, 7) is 3.83. The van der Waals surface area contributed by atoms with E-state index in [1.165, 1.54) is 0 Å². The van der Waals surface area contributed by atoms with Crippen LogP contribution >= 0.6 is 0 Å². The fourth-order valence-corrected chi connectivity index (χ4v) is 3.48. The molecule has 2 aromatic rings. The number of benzene rings is 2. The molecule has 1 aliphatic heterocycles. The van der Waals surface area contributed by atoms with E-state index in [1.54, 1.807) is 30.3 Å². The van der Waals surface area contributed by atoms with Gasteiger partial charge in [0.15, 0.2) is 5.78 Å². The molecule has 1 aliphatic carbocycles. The van der Waals surface area contributed by atoms with Crippen LogP contribution in [0.25, 0.3) is 0 Å². The summed E-state index contributed by atoms with van der Waals surface area (Å²) in [5.74, 6) is -0.148. The maximum atomic E-state index is 13.0. The molecule has 2 aliphatic rings. The van der Waals surface area contributed by atoms with Crippen molar-refractivity contribution in [1.29, 1.82) is 0 Å². The minimum atomic E-state index is -0.725. The van der Waals surface area contributed by atoms with E-state index >= 15 is 0 Å². The van der Waals surface area contributed by atoms with Gasteiger partial charge in [-0.05, 0) is 37.1 Å². The highest BCUT2D eigenvalue weighted by atomic mass is 16.5. The number of Topliss-reactive ketones (excluding diaryl/α,β-unsaturated/α-hetero) is 1. The van der Waals surface area contributed by atoms with E-state index in [-0.39, 0.29) is 23.3 Å². The molecule has 0 bridgehead atoms. The Balaban J connectivity index is 1.69. The third-order valence-corrected chi connectivity index (χ3v) is 4.76. The van der Waals surface area contributed by atoms with Crippen molar-refractivity contribution in [3.05, 3.63) is 71.8 Å². The van der Waals surface area contributed by atoms with Crippen LogP contribution in [0.15, 0.2) is 60.7 Å². The predicted octanol–water partition coefficient (Wildman–Crippen LogP) is 3.75. The quantitative estimate of drug-likeness (QED) is 0.626. The molecule has 0 spiro atoms. The molecule has 0 N–H and O–H groups in total. The van der Waals surface area contributed by atoms with Crippen molar-refractivity contribution in [2.75, 3.05) is 0 Å². The van der Waals surface area contributed by atoms with Gasteiger partial charge in [-0.2, -0.15) is 0 Å². The lowest BCUT2D eigenvalue weighted by Gasteiger charge is -2.29. The summed E-state index contributed by atoms with van der Waals surface area (Å²) in [7, 11) is 0. The first kappa shape index (κ1) is 16.3. The maximum absolute atomic E-state index is 13.0. The molecule has 1 heterocycles. The van der Waals surface area contributed by atoms with E-state index in [2.05, 4.69) is 6.58 Å². The zero-order valence-electron chi connectivity index (χ0n) is 14.1. The second-order valence-corrected chi connectivity index (χ2v) is 6.52. The van der Waals surface area contributed by atoms with Gasteiger partial charge in [0.05, 0.1) is 17.2 Å². The lowest BCUT2D eigenvalue weighted by Crippen LogP contribution is -2.46. The predicted molar refractivity (Wildman–Crippen MR) is 95.2 cm³/mol. The molecular formula is C21H17NO4. The van der Waals surface area contributed by atoms with Crippen LogP contribution in [0.4, 0.5) is 0 Å². The van der Waals surface area contributed by atoms with Crippen LogP contribution < -0.4 is 4.74 Å². The lowest BCUT2D eigenvalue weighted by atomic mass is 9.89. The SMILES string of the molecule is C=C1CCC(N2C(=O)c3cccc(Oc4ccccc4)c3C2=O)C(=O)C1. The number of fused-ring (bicyclic) bond motifs is 1. The second kappa shape index (κ2) is 6.26.